The zero-order valence-corrected chi connectivity index (χ0v) is 13.6. The standard InChI is InChI=1S/C18H15F3N4O/c19-18(20,21)15-3-1-2-14(10-15)11-17(26)24-16-6-9-23-25(16)12-13-4-7-22-8-5-13/h1-10H,11-12H2,(H,24,26). The Bertz CT molecular complexity index is 891. The quantitative estimate of drug-likeness (QED) is 0.757. The molecular formula is C18H15F3N4O. The van der Waals surface area contributed by atoms with Crippen LogP contribution in [0.25, 0.3) is 0 Å². The van der Waals surface area contributed by atoms with E-state index in [9.17, 15) is 18.0 Å². The molecule has 0 unspecified atom stereocenters. The molecule has 1 amide bonds. The Hall–Kier alpha value is -3.16. The Morgan fingerprint density at radius 1 is 1.04 bits per heavy atom. The number of nitrogens with one attached hydrogen (secondary N) is 1. The molecule has 0 fully saturated rings. The van der Waals surface area contributed by atoms with Crippen LogP contribution < -0.4 is 5.32 Å². The lowest BCUT2D eigenvalue weighted by Gasteiger charge is -2.10. The molecule has 8 heteroatoms. The predicted octanol–water partition coefficient (Wildman–Crippen LogP) is 3.53. The molecule has 0 bridgehead atoms. The third kappa shape index (κ3) is 4.47. The van der Waals surface area contributed by atoms with Gasteiger partial charge in [-0.05, 0) is 29.3 Å². The van der Waals surface area contributed by atoms with E-state index in [0.29, 0.717) is 12.4 Å². The number of carbonyl (C=O) groups is 1. The van der Waals surface area contributed by atoms with Crippen LogP contribution in [-0.4, -0.2) is 20.7 Å². The van der Waals surface area contributed by atoms with Crippen molar-refractivity contribution in [2.45, 2.75) is 19.1 Å². The molecule has 2 heterocycles. The van der Waals surface area contributed by atoms with Crippen molar-refractivity contribution in [3.8, 4) is 0 Å². The van der Waals surface area contributed by atoms with E-state index < -0.39 is 17.6 Å². The largest absolute Gasteiger partial charge is 0.416 e. The summed E-state index contributed by atoms with van der Waals surface area (Å²) in [6.07, 6.45) is 0.260. The Morgan fingerprint density at radius 2 is 1.81 bits per heavy atom. The van der Waals surface area contributed by atoms with Gasteiger partial charge in [0.05, 0.1) is 24.7 Å². The van der Waals surface area contributed by atoms with Crippen LogP contribution in [0, 0.1) is 0 Å². The smallest absolute Gasteiger partial charge is 0.311 e. The Labute approximate surface area is 147 Å². The van der Waals surface area contributed by atoms with Gasteiger partial charge in [-0.15, -0.1) is 0 Å². The summed E-state index contributed by atoms with van der Waals surface area (Å²) in [6.45, 7) is 0.439. The second-order valence-electron chi connectivity index (χ2n) is 5.65. The van der Waals surface area contributed by atoms with Gasteiger partial charge in [0.2, 0.25) is 5.91 Å². The molecule has 0 aliphatic rings. The molecule has 2 aromatic heterocycles. The average Bonchev–Trinajstić information content (AvgIpc) is 3.02. The zero-order chi connectivity index (χ0) is 18.6. The third-order valence-corrected chi connectivity index (χ3v) is 3.68. The molecule has 134 valence electrons. The van der Waals surface area contributed by atoms with E-state index in [0.717, 1.165) is 17.7 Å². The highest BCUT2D eigenvalue weighted by molar-refractivity contribution is 5.91. The van der Waals surface area contributed by atoms with Gasteiger partial charge in [0.15, 0.2) is 0 Å². The highest BCUT2D eigenvalue weighted by atomic mass is 19.4. The van der Waals surface area contributed by atoms with Gasteiger partial charge in [0.1, 0.15) is 5.82 Å². The van der Waals surface area contributed by atoms with Gasteiger partial charge in [-0.1, -0.05) is 18.2 Å². The van der Waals surface area contributed by atoms with E-state index in [4.69, 9.17) is 0 Å². The van der Waals surface area contributed by atoms with Crippen LogP contribution in [0.5, 0.6) is 0 Å². The van der Waals surface area contributed by atoms with Gasteiger partial charge in [-0.3, -0.25) is 9.78 Å². The number of halogens is 3. The molecule has 0 saturated carbocycles. The van der Waals surface area contributed by atoms with E-state index >= 15 is 0 Å². The SMILES string of the molecule is O=C(Cc1cccc(C(F)(F)F)c1)Nc1ccnn1Cc1ccncc1. The first-order valence-corrected chi connectivity index (χ1v) is 7.78. The lowest BCUT2D eigenvalue weighted by atomic mass is 10.1. The first kappa shape index (κ1) is 17.7. The second kappa shape index (κ2) is 7.38. The minimum absolute atomic E-state index is 0.162. The summed E-state index contributed by atoms with van der Waals surface area (Å²) in [5.74, 6) is 0.0552. The number of anilines is 1. The lowest BCUT2D eigenvalue weighted by Crippen LogP contribution is -2.18. The first-order chi connectivity index (χ1) is 12.4. The minimum atomic E-state index is -4.43. The van der Waals surface area contributed by atoms with Crippen molar-refractivity contribution < 1.29 is 18.0 Å². The molecule has 1 aromatic carbocycles. The Morgan fingerprint density at radius 3 is 2.54 bits per heavy atom. The van der Waals surface area contributed by atoms with Crippen LogP contribution >= 0.6 is 0 Å². The molecule has 0 radical (unpaired) electrons. The van der Waals surface area contributed by atoms with Crippen LogP contribution in [0.1, 0.15) is 16.7 Å². The normalized spacial score (nSPS) is 11.3. The fraction of sp³-hybridized carbons (Fsp3) is 0.167. The predicted molar refractivity (Wildman–Crippen MR) is 89.3 cm³/mol. The third-order valence-electron chi connectivity index (χ3n) is 3.68. The number of alkyl halides is 3. The number of hydrogen-bond donors (Lipinski definition) is 1. The summed E-state index contributed by atoms with van der Waals surface area (Å²) in [5.41, 5.74) is 0.472. The van der Waals surface area contributed by atoms with E-state index in [-0.39, 0.29) is 12.0 Å². The van der Waals surface area contributed by atoms with E-state index in [1.807, 2.05) is 12.1 Å². The van der Waals surface area contributed by atoms with Crippen LogP contribution in [-0.2, 0) is 23.9 Å². The summed E-state index contributed by atoms with van der Waals surface area (Å²) < 4.78 is 39.9. The number of pyridine rings is 1. The topological polar surface area (TPSA) is 59.8 Å². The number of hydrogen-bond acceptors (Lipinski definition) is 3. The van der Waals surface area contributed by atoms with E-state index in [1.165, 1.54) is 12.1 Å². The second-order valence-corrected chi connectivity index (χ2v) is 5.65. The maximum absolute atomic E-state index is 12.8. The monoisotopic (exact) mass is 360 g/mol. The minimum Gasteiger partial charge on any atom is -0.311 e. The van der Waals surface area contributed by atoms with Gasteiger partial charge in [-0.25, -0.2) is 4.68 Å². The van der Waals surface area contributed by atoms with Gasteiger partial charge in [0.25, 0.3) is 0 Å². The van der Waals surface area contributed by atoms with E-state index in [1.54, 1.807) is 29.3 Å². The number of rotatable bonds is 5. The molecule has 3 rings (SSSR count). The summed E-state index contributed by atoms with van der Waals surface area (Å²) in [5, 5.41) is 6.83. The molecule has 3 aromatic rings. The molecule has 0 aliphatic carbocycles. The molecular weight excluding hydrogens is 345 g/mol. The van der Waals surface area contributed by atoms with Crippen molar-refractivity contribution in [1.82, 2.24) is 14.8 Å². The average molecular weight is 360 g/mol. The molecule has 0 saturated heterocycles. The molecule has 0 atom stereocenters. The van der Waals surface area contributed by atoms with Gasteiger partial charge >= 0.3 is 6.18 Å². The van der Waals surface area contributed by atoms with Crippen molar-refractivity contribution in [2.75, 3.05) is 5.32 Å². The zero-order valence-electron chi connectivity index (χ0n) is 13.6. The number of nitrogens with zero attached hydrogens (tertiary/aromatic N) is 3. The maximum atomic E-state index is 12.8. The first-order valence-electron chi connectivity index (χ1n) is 7.78. The Balaban J connectivity index is 1.67. The van der Waals surface area contributed by atoms with E-state index in [2.05, 4.69) is 15.4 Å². The van der Waals surface area contributed by atoms with Gasteiger partial charge in [-0.2, -0.15) is 18.3 Å². The number of carbonyl (C=O) groups excluding carboxylic acids is 1. The summed E-state index contributed by atoms with van der Waals surface area (Å²) in [7, 11) is 0. The van der Waals surface area contributed by atoms with Crippen molar-refractivity contribution >= 4 is 11.7 Å². The molecule has 5 nitrogen and oxygen atoms in total. The molecule has 0 aliphatic heterocycles. The summed E-state index contributed by atoms with van der Waals surface area (Å²) >= 11 is 0. The number of amides is 1. The van der Waals surface area contributed by atoms with Crippen molar-refractivity contribution in [2.24, 2.45) is 0 Å². The highest BCUT2D eigenvalue weighted by Gasteiger charge is 2.30. The lowest BCUT2D eigenvalue weighted by molar-refractivity contribution is -0.137. The maximum Gasteiger partial charge on any atom is 0.416 e. The fourth-order valence-electron chi connectivity index (χ4n) is 2.46. The summed E-state index contributed by atoms with van der Waals surface area (Å²) in [4.78, 5) is 16.1. The van der Waals surface area contributed by atoms with Crippen LogP contribution in [0.2, 0.25) is 0 Å². The van der Waals surface area contributed by atoms with Crippen LogP contribution in [0.3, 0.4) is 0 Å². The molecule has 26 heavy (non-hydrogen) atoms. The van der Waals surface area contributed by atoms with Crippen molar-refractivity contribution in [3.63, 3.8) is 0 Å². The van der Waals surface area contributed by atoms with Crippen LogP contribution in [0.4, 0.5) is 19.0 Å². The Kier molecular flexibility index (Phi) is 5.01. The highest BCUT2D eigenvalue weighted by Crippen LogP contribution is 2.29. The van der Waals surface area contributed by atoms with Crippen molar-refractivity contribution in [1.29, 1.82) is 0 Å². The number of aromatic nitrogens is 3. The summed E-state index contributed by atoms with van der Waals surface area (Å²) in [6, 6.07) is 10.0. The van der Waals surface area contributed by atoms with Gasteiger partial charge < -0.3 is 5.32 Å². The van der Waals surface area contributed by atoms with Crippen LogP contribution in [0.15, 0.2) is 61.1 Å². The van der Waals surface area contributed by atoms with Crippen molar-refractivity contribution in [3.05, 3.63) is 77.7 Å². The molecule has 1 N–H and O–H groups in total. The van der Waals surface area contributed by atoms with Gasteiger partial charge in [0, 0.05) is 18.5 Å². The number of benzene rings is 1. The fourth-order valence-corrected chi connectivity index (χ4v) is 2.46. The molecule has 0 spiro atoms.